The van der Waals surface area contributed by atoms with Crippen molar-refractivity contribution in [1.82, 2.24) is 4.90 Å². The molecule has 2 aliphatic rings. The number of carboxylic acids is 1. The van der Waals surface area contributed by atoms with E-state index in [0.29, 0.717) is 32.7 Å². The van der Waals surface area contributed by atoms with Crippen LogP contribution in [0.3, 0.4) is 0 Å². The molecule has 2 fully saturated rings. The molecule has 0 aromatic heterocycles. The second kappa shape index (κ2) is 7.16. The SMILES string of the molecule is NCc1ccc(N2CC(CN3CC(OCC(=O)O)C3)OC2=O)cc1. The van der Waals surface area contributed by atoms with Gasteiger partial charge in [-0.2, -0.15) is 0 Å². The zero-order chi connectivity index (χ0) is 17.1. The molecule has 130 valence electrons. The molecular weight excluding hydrogens is 314 g/mol. The maximum absolute atomic E-state index is 12.0. The van der Waals surface area contributed by atoms with Crippen molar-refractivity contribution in [1.29, 1.82) is 0 Å². The van der Waals surface area contributed by atoms with Crippen molar-refractivity contribution < 1.29 is 24.2 Å². The Kier molecular flexibility index (Phi) is 4.98. The molecule has 1 amide bonds. The number of carbonyl (C=O) groups is 2. The van der Waals surface area contributed by atoms with Crippen LogP contribution in [0.25, 0.3) is 0 Å². The zero-order valence-electron chi connectivity index (χ0n) is 13.3. The largest absolute Gasteiger partial charge is 0.480 e. The van der Waals surface area contributed by atoms with Crippen LogP contribution in [0.5, 0.6) is 0 Å². The van der Waals surface area contributed by atoms with Gasteiger partial charge in [-0.1, -0.05) is 12.1 Å². The third kappa shape index (κ3) is 3.84. The Morgan fingerprint density at radius 2 is 2.00 bits per heavy atom. The zero-order valence-corrected chi connectivity index (χ0v) is 13.3. The number of hydrogen-bond acceptors (Lipinski definition) is 6. The van der Waals surface area contributed by atoms with Crippen LogP contribution < -0.4 is 10.6 Å². The van der Waals surface area contributed by atoms with E-state index in [2.05, 4.69) is 4.90 Å². The second-order valence-corrected chi connectivity index (χ2v) is 6.03. The highest BCUT2D eigenvalue weighted by Crippen LogP contribution is 2.23. The van der Waals surface area contributed by atoms with Crippen LogP contribution in [0.4, 0.5) is 10.5 Å². The minimum atomic E-state index is -0.963. The molecule has 24 heavy (non-hydrogen) atoms. The fourth-order valence-corrected chi connectivity index (χ4v) is 2.89. The predicted octanol–water partition coefficient (Wildman–Crippen LogP) is 0.256. The van der Waals surface area contributed by atoms with Gasteiger partial charge in [0, 0.05) is 31.9 Å². The standard InChI is InChI=1S/C16H21N3O5/c17-5-11-1-3-12(4-2-11)19-9-14(24-16(19)22)8-18-6-13(7-18)23-10-15(20)21/h1-4,13-14H,5-10,17H2,(H,20,21). The number of likely N-dealkylation sites (tertiary alicyclic amines) is 1. The van der Waals surface area contributed by atoms with Crippen LogP contribution in [0.2, 0.25) is 0 Å². The predicted molar refractivity (Wildman–Crippen MR) is 85.8 cm³/mol. The lowest BCUT2D eigenvalue weighted by Crippen LogP contribution is -2.55. The molecule has 1 aromatic carbocycles. The summed E-state index contributed by atoms with van der Waals surface area (Å²) >= 11 is 0. The van der Waals surface area contributed by atoms with Crippen molar-refractivity contribution >= 4 is 17.7 Å². The fourth-order valence-electron chi connectivity index (χ4n) is 2.89. The summed E-state index contributed by atoms with van der Waals surface area (Å²) in [5, 5.41) is 8.57. The molecule has 0 saturated carbocycles. The number of ether oxygens (including phenoxy) is 2. The molecule has 2 aliphatic heterocycles. The Labute approximate surface area is 139 Å². The van der Waals surface area contributed by atoms with E-state index in [1.54, 1.807) is 4.90 Å². The van der Waals surface area contributed by atoms with Crippen LogP contribution in [-0.4, -0.2) is 67.1 Å². The van der Waals surface area contributed by atoms with Gasteiger partial charge in [0.05, 0.1) is 12.6 Å². The summed E-state index contributed by atoms with van der Waals surface area (Å²) in [4.78, 5) is 26.2. The molecule has 0 aliphatic carbocycles. The number of amides is 1. The van der Waals surface area contributed by atoms with Gasteiger partial charge < -0.3 is 20.3 Å². The first-order valence-corrected chi connectivity index (χ1v) is 7.88. The van der Waals surface area contributed by atoms with Crippen molar-refractivity contribution in [3.63, 3.8) is 0 Å². The van der Waals surface area contributed by atoms with Gasteiger partial charge >= 0.3 is 12.1 Å². The quantitative estimate of drug-likeness (QED) is 0.736. The van der Waals surface area contributed by atoms with Crippen LogP contribution >= 0.6 is 0 Å². The van der Waals surface area contributed by atoms with Crippen molar-refractivity contribution in [2.45, 2.75) is 18.8 Å². The van der Waals surface area contributed by atoms with Gasteiger partial charge in [-0.05, 0) is 17.7 Å². The van der Waals surface area contributed by atoms with E-state index in [0.717, 1.165) is 11.3 Å². The summed E-state index contributed by atoms with van der Waals surface area (Å²) in [7, 11) is 0. The number of aliphatic carboxylic acids is 1. The summed E-state index contributed by atoms with van der Waals surface area (Å²) in [5.41, 5.74) is 7.38. The minimum Gasteiger partial charge on any atom is -0.480 e. The van der Waals surface area contributed by atoms with E-state index in [1.165, 1.54) is 0 Å². The van der Waals surface area contributed by atoms with Gasteiger partial charge in [0.25, 0.3) is 0 Å². The second-order valence-electron chi connectivity index (χ2n) is 6.03. The minimum absolute atomic E-state index is 0.0573. The number of carbonyl (C=O) groups excluding carboxylic acids is 1. The highest BCUT2D eigenvalue weighted by molar-refractivity contribution is 5.89. The average Bonchev–Trinajstić information content (AvgIpc) is 2.90. The van der Waals surface area contributed by atoms with Gasteiger partial charge in [0.15, 0.2) is 0 Å². The molecule has 2 saturated heterocycles. The van der Waals surface area contributed by atoms with Crippen molar-refractivity contribution in [2.75, 3.05) is 37.7 Å². The third-order valence-corrected chi connectivity index (χ3v) is 4.19. The first-order valence-electron chi connectivity index (χ1n) is 7.88. The van der Waals surface area contributed by atoms with E-state index in [1.807, 2.05) is 24.3 Å². The van der Waals surface area contributed by atoms with Gasteiger partial charge in [0.1, 0.15) is 12.7 Å². The normalized spacial score (nSPS) is 21.6. The lowest BCUT2D eigenvalue weighted by Gasteiger charge is -2.39. The van der Waals surface area contributed by atoms with E-state index in [4.69, 9.17) is 20.3 Å². The molecule has 2 heterocycles. The maximum atomic E-state index is 12.0. The summed E-state index contributed by atoms with van der Waals surface area (Å²) in [5.74, 6) is -0.963. The maximum Gasteiger partial charge on any atom is 0.414 e. The molecule has 1 aromatic rings. The third-order valence-electron chi connectivity index (χ3n) is 4.19. The summed E-state index contributed by atoms with van der Waals surface area (Å²) in [6, 6.07) is 7.53. The Balaban J connectivity index is 1.46. The van der Waals surface area contributed by atoms with Gasteiger partial charge in [-0.3, -0.25) is 9.80 Å². The summed E-state index contributed by atoms with van der Waals surface area (Å²) in [6.07, 6.45) is -0.607. The molecule has 0 spiro atoms. The smallest absolute Gasteiger partial charge is 0.414 e. The lowest BCUT2D eigenvalue weighted by molar-refractivity contribution is -0.149. The molecule has 1 atom stereocenters. The molecule has 3 N–H and O–H groups in total. The molecule has 0 radical (unpaired) electrons. The number of carboxylic acid groups (broad SMARTS) is 1. The monoisotopic (exact) mass is 335 g/mol. The van der Waals surface area contributed by atoms with E-state index in [-0.39, 0.29) is 24.9 Å². The molecule has 1 unspecified atom stereocenters. The Morgan fingerprint density at radius 1 is 1.29 bits per heavy atom. The topological polar surface area (TPSA) is 105 Å². The van der Waals surface area contributed by atoms with Crippen LogP contribution in [0.1, 0.15) is 5.56 Å². The summed E-state index contributed by atoms with van der Waals surface area (Å²) < 4.78 is 10.6. The molecule has 0 bridgehead atoms. The first-order chi connectivity index (χ1) is 11.5. The number of nitrogens with zero attached hydrogens (tertiary/aromatic N) is 2. The number of cyclic esters (lactones) is 1. The lowest BCUT2D eigenvalue weighted by atomic mass is 10.1. The van der Waals surface area contributed by atoms with Crippen LogP contribution in [0.15, 0.2) is 24.3 Å². The van der Waals surface area contributed by atoms with E-state index < -0.39 is 5.97 Å². The Bertz CT molecular complexity index is 600. The number of hydrogen-bond donors (Lipinski definition) is 2. The fraction of sp³-hybridized carbons (Fsp3) is 0.500. The Hall–Kier alpha value is -2.16. The number of rotatable bonds is 7. The van der Waals surface area contributed by atoms with Crippen molar-refractivity contribution in [3.05, 3.63) is 29.8 Å². The highest BCUT2D eigenvalue weighted by atomic mass is 16.6. The van der Waals surface area contributed by atoms with Crippen molar-refractivity contribution in [2.24, 2.45) is 5.73 Å². The number of nitrogens with two attached hydrogens (primary N) is 1. The molecule has 8 heteroatoms. The van der Waals surface area contributed by atoms with E-state index in [9.17, 15) is 9.59 Å². The molecular formula is C16H21N3O5. The van der Waals surface area contributed by atoms with Crippen molar-refractivity contribution in [3.8, 4) is 0 Å². The Morgan fingerprint density at radius 3 is 2.62 bits per heavy atom. The highest BCUT2D eigenvalue weighted by Gasteiger charge is 2.36. The average molecular weight is 335 g/mol. The number of anilines is 1. The van der Waals surface area contributed by atoms with Crippen LogP contribution in [-0.2, 0) is 20.8 Å². The van der Waals surface area contributed by atoms with E-state index >= 15 is 0 Å². The van der Waals surface area contributed by atoms with Gasteiger partial charge in [0.2, 0.25) is 0 Å². The number of benzene rings is 1. The molecule has 3 rings (SSSR count). The van der Waals surface area contributed by atoms with Gasteiger partial charge in [-0.25, -0.2) is 9.59 Å². The van der Waals surface area contributed by atoms with Crippen LogP contribution in [0, 0.1) is 0 Å². The summed E-state index contributed by atoms with van der Waals surface area (Å²) in [6.45, 7) is 2.63. The van der Waals surface area contributed by atoms with Gasteiger partial charge in [-0.15, -0.1) is 0 Å². The first kappa shape index (κ1) is 16.7. The molecule has 8 nitrogen and oxygen atoms in total.